The van der Waals surface area contributed by atoms with Crippen LogP contribution in [0.4, 0.5) is 0 Å². The van der Waals surface area contributed by atoms with E-state index in [0.717, 1.165) is 16.5 Å². The number of aromatic amines is 1. The van der Waals surface area contributed by atoms with Crippen molar-refractivity contribution in [1.82, 2.24) is 20.9 Å². The zero-order valence-electron chi connectivity index (χ0n) is 19.8. The Bertz CT molecular complexity index is 1050. The van der Waals surface area contributed by atoms with Crippen LogP contribution in [0.25, 0.3) is 10.9 Å². The molecule has 0 aliphatic heterocycles. The SMILES string of the molecule is NCCCCC(NC(=O)C(CS)NC(=O)C(Cc1c[nH]c2ccccc12)NC(=O)C(N)CO)C(=O)O. The summed E-state index contributed by atoms with van der Waals surface area (Å²) in [5, 5.41) is 26.9. The Hall–Kier alpha value is -3.13. The van der Waals surface area contributed by atoms with Gasteiger partial charge in [0.1, 0.15) is 24.2 Å². The molecule has 1 aromatic carbocycles. The molecule has 36 heavy (non-hydrogen) atoms. The van der Waals surface area contributed by atoms with Gasteiger partial charge in [-0.3, -0.25) is 14.4 Å². The van der Waals surface area contributed by atoms with Crippen molar-refractivity contribution in [2.45, 2.75) is 49.9 Å². The third-order valence-corrected chi connectivity index (χ3v) is 6.01. The molecule has 4 atom stereocenters. The quantitative estimate of drug-likeness (QED) is 0.100. The Kier molecular flexibility index (Phi) is 11.7. The van der Waals surface area contributed by atoms with Crippen molar-refractivity contribution in [2.75, 3.05) is 18.9 Å². The molecule has 1 heterocycles. The molecule has 0 bridgehead atoms. The second kappa shape index (κ2) is 14.4. The van der Waals surface area contributed by atoms with E-state index in [9.17, 15) is 29.4 Å². The number of nitrogens with one attached hydrogen (secondary N) is 4. The number of aliphatic hydroxyl groups is 1. The Morgan fingerprint density at radius 3 is 2.25 bits per heavy atom. The topological polar surface area (TPSA) is 213 Å². The Balaban J connectivity index is 2.17. The number of unbranched alkanes of at least 4 members (excludes halogenated alkanes) is 1. The van der Waals surface area contributed by atoms with Gasteiger partial charge in [0, 0.05) is 29.3 Å². The first-order chi connectivity index (χ1) is 17.2. The van der Waals surface area contributed by atoms with Crippen molar-refractivity contribution in [3.05, 3.63) is 36.0 Å². The van der Waals surface area contributed by atoms with Crippen LogP contribution in [-0.4, -0.2) is 82.0 Å². The lowest BCUT2D eigenvalue weighted by Crippen LogP contribution is -2.58. The zero-order chi connectivity index (χ0) is 26.7. The summed E-state index contributed by atoms with van der Waals surface area (Å²) in [6.45, 7) is -0.214. The number of carboxylic acid groups (broad SMARTS) is 1. The molecule has 13 heteroatoms. The van der Waals surface area contributed by atoms with E-state index in [4.69, 9.17) is 11.5 Å². The van der Waals surface area contributed by atoms with Crippen molar-refractivity contribution >= 4 is 47.2 Å². The van der Waals surface area contributed by atoms with Crippen LogP contribution in [-0.2, 0) is 25.6 Å². The van der Waals surface area contributed by atoms with Gasteiger partial charge >= 0.3 is 5.97 Å². The number of aliphatic hydroxyl groups excluding tert-OH is 1. The molecule has 4 unspecified atom stereocenters. The fraction of sp³-hybridized carbons (Fsp3) is 0.478. The van der Waals surface area contributed by atoms with Crippen molar-refractivity contribution in [1.29, 1.82) is 0 Å². The standard InChI is InChI=1S/C23H34N6O6S/c24-8-4-3-7-17(23(34)35)27-22(33)19(12-36)29-21(32)18(28-20(31)15(25)11-30)9-13-10-26-16-6-2-1-5-14(13)16/h1-2,5-6,10,15,17-19,26,30,36H,3-4,7-9,11-12,24-25H2,(H,27,33)(H,28,31)(H,29,32)(H,34,35). The number of carbonyl (C=O) groups is 4. The van der Waals surface area contributed by atoms with Crippen LogP contribution in [0.1, 0.15) is 24.8 Å². The number of amides is 3. The molecule has 1 aromatic heterocycles. The maximum Gasteiger partial charge on any atom is 0.326 e. The highest BCUT2D eigenvalue weighted by Crippen LogP contribution is 2.19. The molecule has 0 fully saturated rings. The molecule has 2 rings (SSSR count). The van der Waals surface area contributed by atoms with E-state index in [0.29, 0.717) is 19.4 Å². The fourth-order valence-corrected chi connectivity index (χ4v) is 3.84. The van der Waals surface area contributed by atoms with Crippen LogP contribution in [0.15, 0.2) is 30.5 Å². The van der Waals surface area contributed by atoms with E-state index in [-0.39, 0.29) is 18.6 Å². The second-order valence-electron chi connectivity index (χ2n) is 8.34. The summed E-state index contributed by atoms with van der Waals surface area (Å²) in [4.78, 5) is 52.9. The lowest BCUT2D eigenvalue weighted by molar-refractivity contribution is -0.142. The number of benzene rings is 1. The second-order valence-corrected chi connectivity index (χ2v) is 8.71. The van der Waals surface area contributed by atoms with Crippen LogP contribution in [0, 0.1) is 0 Å². The van der Waals surface area contributed by atoms with Crippen LogP contribution in [0.2, 0.25) is 0 Å². The minimum absolute atomic E-state index is 0.0669. The summed E-state index contributed by atoms with van der Waals surface area (Å²) in [5.74, 6) is -3.47. The number of fused-ring (bicyclic) bond motifs is 1. The van der Waals surface area contributed by atoms with Gasteiger partial charge in [-0.25, -0.2) is 4.79 Å². The van der Waals surface area contributed by atoms with Crippen LogP contribution < -0.4 is 27.4 Å². The summed E-state index contributed by atoms with van der Waals surface area (Å²) in [6, 6.07) is 2.73. The van der Waals surface area contributed by atoms with Gasteiger partial charge in [0.15, 0.2) is 0 Å². The summed E-state index contributed by atoms with van der Waals surface area (Å²) in [7, 11) is 0. The first-order valence-electron chi connectivity index (χ1n) is 11.6. The number of nitrogens with two attached hydrogens (primary N) is 2. The Morgan fingerprint density at radius 1 is 0.972 bits per heavy atom. The van der Waals surface area contributed by atoms with Crippen LogP contribution in [0.3, 0.4) is 0 Å². The normalized spacial score (nSPS) is 14.4. The molecule has 12 nitrogen and oxygen atoms in total. The van der Waals surface area contributed by atoms with E-state index >= 15 is 0 Å². The molecule has 0 spiro atoms. The number of thiol groups is 1. The highest BCUT2D eigenvalue weighted by molar-refractivity contribution is 7.80. The number of H-pyrrole nitrogens is 1. The largest absolute Gasteiger partial charge is 0.480 e. The van der Waals surface area contributed by atoms with Crippen molar-refractivity contribution in [3.8, 4) is 0 Å². The number of carboxylic acids is 1. The molecule has 2 aromatic rings. The number of aliphatic carboxylic acids is 1. The molecular weight excluding hydrogens is 488 g/mol. The van der Waals surface area contributed by atoms with Gasteiger partial charge in [-0.05, 0) is 37.4 Å². The summed E-state index contributed by atoms with van der Waals surface area (Å²) >= 11 is 4.13. The lowest BCUT2D eigenvalue weighted by Gasteiger charge is -2.24. The first-order valence-corrected chi connectivity index (χ1v) is 12.2. The number of carbonyl (C=O) groups excluding carboxylic acids is 3. The van der Waals surface area contributed by atoms with Gasteiger partial charge < -0.3 is 42.6 Å². The van der Waals surface area contributed by atoms with Crippen molar-refractivity contribution in [3.63, 3.8) is 0 Å². The average molecular weight is 523 g/mol. The van der Waals surface area contributed by atoms with Gasteiger partial charge in [-0.2, -0.15) is 12.6 Å². The van der Waals surface area contributed by atoms with Gasteiger partial charge in [-0.1, -0.05) is 18.2 Å². The van der Waals surface area contributed by atoms with E-state index in [2.05, 4.69) is 33.6 Å². The Morgan fingerprint density at radius 2 is 1.61 bits per heavy atom. The number of rotatable bonds is 15. The minimum Gasteiger partial charge on any atom is -0.480 e. The Labute approximate surface area is 214 Å². The molecule has 0 aliphatic rings. The van der Waals surface area contributed by atoms with E-state index in [1.807, 2.05) is 24.3 Å². The van der Waals surface area contributed by atoms with Crippen molar-refractivity contribution < 1.29 is 29.4 Å². The predicted molar refractivity (Wildman–Crippen MR) is 137 cm³/mol. The zero-order valence-corrected chi connectivity index (χ0v) is 20.7. The highest BCUT2D eigenvalue weighted by Gasteiger charge is 2.30. The molecule has 10 N–H and O–H groups in total. The molecule has 0 radical (unpaired) electrons. The van der Waals surface area contributed by atoms with E-state index in [1.54, 1.807) is 6.20 Å². The third kappa shape index (κ3) is 8.22. The molecule has 198 valence electrons. The van der Waals surface area contributed by atoms with Crippen LogP contribution >= 0.6 is 12.6 Å². The molecule has 0 aliphatic carbocycles. The van der Waals surface area contributed by atoms with Gasteiger partial charge in [0.2, 0.25) is 17.7 Å². The smallest absolute Gasteiger partial charge is 0.326 e. The summed E-state index contributed by atoms with van der Waals surface area (Å²) < 4.78 is 0. The minimum atomic E-state index is -1.24. The highest BCUT2D eigenvalue weighted by atomic mass is 32.1. The maximum absolute atomic E-state index is 13.2. The van der Waals surface area contributed by atoms with Gasteiger partial charge in [0.05, 0.1) is 6.61 Å². The van der Waals surface area contributed by atoms with E-state index in [1.165, 1.54) is 0 Å². The van der Waals surface area contributed by atoms with Crippen molar-refractivity contribution in [2.24, 2.45) is 11.5 Å². The van der Waals surface area contributed by atoms with Gasteiger partial charge in [0.25, 0.3) is 0 Å². The number of hydrogen-bond donors (Lipinski definition) is 9. The van der Waals surface area contributed by atoms with E-state index < -0.39 is 54.5 Å². The lowest BCUT2D eigenvalue weighted by atomic mass is 10.0. The fourth-order valence-electron chi connectivity index (χ4n) is 3.58. The monoisotopic (exact) mass is 522 g/mol. The molecular formula is C23H34N6O6S. The summed E-state index contributed by atoms with van der Waals surface area (Å²) in [5.41, 5.74) is 12.6. The van der Waals surface area contributed by atoms with Gasteiger partial charge in [-0.15, -0.1) is 0 Å². The average Bonchev–Trinajstić information content (AvgIpc) is 3.28. The first kappa shape index (κ1) is 29.1. The molecule has 0 saturated carbocycles. The molecule has 0 saturated heterocycles. The molecule has 3 amide bonds. The number of hydrogen-bond acceptors (Lipinski definition) is 8. The predicted octanol–water partition coefficient (Wildman–Crippen LogP) is -1.37. The number of aromatic nitrogens is 1. The maximum atomic E-state index is 13.2. The third-order valence-electron chi connectivity index (χ3n) is 5.64. The van der Waals surface area contributed by atoms with Crippen LogP contribution in [0.5, 0.6) is 0 Å². The number of para-hydroxylation sites is 1. The summed E-state index contributed by atoms with van der Waals surface area (Å²) in [6.07, 6.45) is 3.08.